The Kier molecular flexibility index (Phi) is 2.97. The number of hydrogen-bond donors (Lipinski definition) is 0. The van der Waals surface area contributed by atoms with Crippen LogP contribution in [0.25, 0.3) is 10.9 Å². The monoisotopic (exact) mass is 287 g/mol. The Hall–Kier alpha value is -1.73. The van der Waals surface area contributed by atoms with E-state index in [2.05, 4.69) is 10.1 Å². The maximum Gasteiger partial charge on any atom is 0.496 e. The molecule has 6 nitrogen and oxygen atoms in total. The van der Waals surface area contributed by atoms with Crippen molar-refractivity contribution in [2.75, 3.05) is 0 Å². The molecular weight excluding hydrogens is 269 g/mol. The van der Waals surface area contributed by atoms with Crippen LogP contribution in [0, 0.1) is 0 Å². The Labute approximate surface area is 123 Å². The molecule has 1 fully saturated rings. The fraction of sp³-hybridized carbons (Fsp3) is 0.500. The average Bonchev–Trinajstić information content (AvgIpc) is 2.63. The highest BCUT2D eigenvalue weighted by atomic mass is 16.7. The largest absolute Gasteiger partial charge is 0.496 e. The second kappa shape index (κ2) is 4.38. The molecule has 1 aliphatic heterocycles. The molecule has 110 valence electrons. The van der Waals surface area contributed by atoms with E-state index in [0.29, 0.717) is 10.9 Å². The van der Waals surface area contributed by atoms with Gasteiger partial charge in [0.05, 0.1) is 17.4 Å². The molecule has 2 aromatic heterocycles. The highest BCUT2D eigenvalue weighted by Gasteiger charge is 2.51. The molecule has 0 aromatic carbocycles. The zero-order valence-electron chi connectivity index (χ0n) is 12.9. The van der Waals surface area contributed by atoms with Gasteiger partial charge in [0.2, 0.25) is 0 Å². The number of rotatable bonds is 1. The van der Waals surface area contributed by atoms with Gasteiger partial charge in [-0.2, -0.15) is 5.10 Å². The van der Waals surface area contributed by atoms with E-state index in [0.717, 1.165) is 5.46 Å². The first kappa shape index (κ1) is 14.2. The minimum absolute atomic E-state index is 0.215. The van der Waals surface area contributed by atoms with Gasteiger partial charge in [0.1, 0.15) is 5.52 Å². The number of aryl methyl sites for hydroxylation is 1. The first-order valence-electron chi connectivity index (χ1n) is 6.89. The Balaban J connectivity index is 2.04. The average molecular weight is 287 g/mol. The summed E-state index contributed by atoms with van der Waals surface area (Å²) in [7, 11) is 1.11. The lowest BCUT2D eigenvalue weighted by Gasteiger charge is -2.32. The minimum Gasteiger partial charge on any atom is -0.399 e. The minimum atomic E-state index is -0.490. The van der Waals surface area contributed by atoms with E-state index < -0.39 is 18.3 Å². The van der Waals surface area contributed by atoms with Crippen molar-refractivity contribution >= 4 is 23.5 Å². The molecule has 2 aromatic rings. The fourth-order valence-electron chi connectivity index (χ4n) is 2.24. The smallest absolute Gasteiger partial charge is 0.399 e. The van der Waals surface area contributed by atoms with Crippen LogP contribution >= 0.6 is 0 Å². The van der Waals surface area contributed by atoms with Gasteiger partial charge in [0.15, 0.2) is 0 Å². The van der Waals surface area contributed by atoms with Crippen molar-refractivity contribution in [3.63, 3.8) is 0 Å². The van der Waals surface area contributed by atoms with E-state index in [1.54, 1.807) is 19.4 Å². The number of aromatic nitrogens is 3. The summed E-state index contributed by atoms with van der Waals surface area (Å²) in [6.45, 7) is 8.00. The third kappa shape index (κ3) is 2.17. The van der Waals surface area contributed by atoms with Gasteiger partial charge >= 0.3 is 7.12 Å². The summed E-state index contributed by atoms with van der Waals surface area (Å²) < 4.78 is 13.2. The molecule has 0 aliphatic carbocycles. The van der Waals surface area contributed by atoms with Gasteiger partial charge in [0.25, 0.3) is 5.56 Å². The molecule has 0 saturated carbocycles. The van der Waals surface area contributed by atoms with Crippen LogP contribution in [-0.2, 0) is 16.4 Å². The van der Waals surface area contributed by atoms with E-state index in [-0.39, 0.29) is 5.56 Å². The van der Waals surface area contributed by atoms with Crippen molar-refractivity contribution < 1.29 is 9.31 Å². The third-order valence-electron chi connectivity index (χ3n) is 4.33. The lowest BCUT2D eigenvalue weighted by molar-refractivity contribution is 0.00578. The first-order chi connectivity index (χ1) is 9.71. The van der Waals surface area contributed by atoms with Crippen molar-refractivity contribution in [1.82, 2.24) is 14.8 Å². The third-order valence-corrected chi connectivity index (χ3v) is 4.33. The van der Waals surface area contributed by atoms with Crippen molar-refractivity contribution in [3.05, 3.63) is 28.8 Å². The van der Waals surface area contributed by atoms with Crippen LogP contribution in [0.15, 0.2) is 23.3 Å². The van der Waals surface area contributed by atoms with Gasteiger partial charge in [-0.1, -0.05) is 0 Å². The Bertz CT molecular complexity index is 754. The summed E-state index contributed by atoms with van der Waals surface area (Å²) in [4.78, 5) is 16.2. The second-order valence-corrected chi connectivity index (χ2v) is 6.37. The summed E-state index contributed by atoms with van der Waals surface area (Å²) in [5.74, 6) is 0. The molecule has 0 N–H and O–H groups in total. The molecule has 3 heterocycles. The Morgan fingerprint density at radius 1 is 1.14 bits per heavy atom. The molecule has 0 spiro atoms. The fourth-order valence-corrected chi connectivity index (χ4v) is 2.24. The van der Waals surface area contributed by atoms with E-state index in [4.69, 9.17) is 9.31 Å². The van der Waals surface area contributed by atoms with Crippen LogP contribution in [0.3, 0.4) is 0 Å². The predicted octanol–water partition coefficient (Wildman–Crippen LogP) is 0.628. The number of hydrogen-bond acceptors (Lipinski definition) is 5. The van der Waals surface area contributed by atoms with Gasteiger partial charge in [-0.15, -0.1) is 0 Å². The highest BCUT2D eigenvalue weighted by Crippen LogP contribution is 2.36. The number of pyridine rings is 1. The van der Waals surface area contributed by atoms with E-state index in [1.807, 2.05) is 33.8 Å². The van der Waals surface area contributed by atoms with Crippen LogP contribution in [0.2, 0.25) is 0 Å². The van der Waals surface area contributed by atoms with Gasteiger partial charge in [0, 0.05) is 24.1 Å². The normalized spacial score (nSPS) is 20.1. The highest BCUT2D eigenvalue weighted by molar-refractivity contribution is 6.62. The Morgan fingerprint density at radius 2 is 1.76 bits per heavy atom. The zero-order valence-corrected chi connectivity index (χ0v) is 12.9. The van der Waals surface area contributed by atoms with Crippen LogP contribution in [0.1, 0.15) is 27.7 Å². The van der Waals surface area contributed by atoms with Crippen LogP contribution in [0.5, 0.6) is 0 Å². The topological polar surface area (TPSA) is 66.2 Å². The van der Waals surface area contributed by atoms with E-state index >= 15 is 0 Å². The lowest BCUT2D eigenvalue weighted by Crippen LogP contribution is -2.41. The molecule has 3 rings (SSSR count). The molecule has 21 heavy (non-hydrogen) atoms. The summed E-state index contributed by atoms with van der Waals surface area (Å²) >= 11 is 0. The molecule has 0 bridgehead atoms. The summed E-state index contributed by atoms with van der Waals surface area (Å²) in [6.07, 6.45) is 3.25. The molecule has 7 heteroatoms. The SMILES string of the molecule is Cn1ncc2cc(B3OC(C)(C)C(C)(C)O3)cnc2c1=O. The van der Waals surface area contributed by atoms with Gasteiger partial charge in [-0.3, -0.25) is 9.78 Å². The van der Waals surface area contributed by atoms with Crippen LogP contribution in [0.4, 0.5) is 0 Å². The quantitative estimate of drug-likeness (QED) is 0.720. The summed E-state index contributed by atoms with van der Waals surface area (Å²) in [5, 5.41) is 4.70. The standard InChI is InChI=1S/C14H18BN3O3/c1-13(2)14(3,4)21-15(20-13)10-6-9-7-17-18(5)12(19)11(9)16-8-10/h6-8H,1-5H3. The van der Waals surface area contributed by atoms with Crippen molar-refractivity contribution in [1.29, 1.82) is 0 Å². The van der Waals surface area contributed by atoms with Crippen molar-refractivity contribution in [2.45, 2.75) is 38.9 Å². The van der Waals surface area contributed by atoms with Crippen LogP contribution in [-0.4, -0.2) is 33.1 Å². The van der Waals surface area contributed by atoms with E-state index in [9.17, 15) is 4.79 Å². The molecule has 0 radical (unpaired) electrons. The van der Waals surface area contributed by atoms with Crippen LogP contribution < -0.4 is 11.0 Å². The van der Waals surface area contributed by atoms with Crippen molar-refractivity contribution in [2.24, 2.45) is 7.05 Å². The van der Waals surface area contributed by atoms with Gasteiger partial charge in [-0.05, 0) is 33.8 Å². The summed E-state index contributed by atoms with van der Waals surface area (Å²) in [6, 6.07) is 1.85. The molecule has 1 aliphatic rings. The number of nitrogens with zero attached hydrogens (tertiary/aromatic N) is 3. The zero-order chi connectivity index (χ0) is 15.4. The Morgan fingerprint density at radius 3 is 2.38 bits per heavy atom. The molecule has 0 atom stereocenters. The molecule has 0 unspecified atom stereocenters. The molecule has 1 saturated heterocycles. The van der Waals surface area contributed by atoms with Gasteiger partial charge in [-0.25, -0.2) is 4.68 Å². The summed E-state index contributed by atoms with van der Waals surface area (Å²) in [5.41, 5.74) is 0.159. The van der Waals surface area contributed by atoms with E-state index in [1.165, 1.54) is 4.68 Å². The predicted molar refractivity (Wildman–Crippen MR) is 80.5 cm³/mol. The first-order valence-corrected chi connectivity index (χ1v) is 6.89. The van der Waals surface area contributed by atoms with Crippen molar-refractivity contribution in [3.8, 4) is 0 Å². The molecular formula is C14H18BN3O3. The van der Waals surface area contributed by atoms with Gasteiger partial charge < -0.3 is 9.31 Å². The lowest BCUT2D eigenvalue weighted by atomic mass is 9.80. The number of fused-ring (bicyclic) bond motifs is 1. The maximum atomic E-state index is 11.9. The molecule has 0 amide bonds. The second-order valence-electron chi connectivity index (χ2n) is 6.37. The maximum absolute atomic E-state index is 11.9.